The van der Waals surface area contributed by atoms with Gasteiger partial charge in [-0.1, -0.05) is 250 Å². The van der Waals surface area contributed by atoms with Crippen LogP contribution in [0.1, 0.15) is 87.7 Å². The first-order valence-corrected chi connectivity index (χ1v) is 27.1. The smallest absolute Gasteiger partial charge is 0.0726 e. The third-order valence-electron chi connectivity index (χ3n) is 18.4. The lowest BCUT2D eigenvalue weighted by atomic mass is 9.67. The Hall–Kier alpha value is -8.78. The van der Waals surface area contributed by atoms with Gasteiger partial charge in [-0.25, -0.2) is 0 Å². The molecule has 1 fully saturated rings. The van der Waals surface area contributed by atoms with Gasteiger partial charge in [0.2, 0.25) is 0 Å². The number of anilines is 3. The summed E-state index contributed by atoms with van der Waals surface area (Å²) in [5.41, 5.74) is 29.0. The SMILES string of the molecule is c1ccc(C2(c3ccccc3)c3ccccc3-c3ccc(N(c4ccc5c(c4)C4(c6ccccc6-c6ccccc64)c4ccccc4-5)c4ccccc4-c4cccc5c4-c4ccccc4C54CCCCC4)cc32)cc1. The number of nitrogens with zero attached hydrogens (tertiary/aromatic N) is 1. The van der Waals surface area contributed by atoms with Crippen molar-refractivity contribution in [2.75, 3.05) is 4.90 Å². The van der Waals surface area contributed by atoms with Crippen molar-refractivity contribution in [1.82, 2.24) is 0 Å². The van der Waals surface area contributed by atoms with Gasteiger partial charge in [0.05, 0.1) is 16.5 Å². The van der Waals surface area contributed by atoms with Crippen molar-refractivity contribution in [3.8, 4) is 55.6 Å². The molecule has 1 saturated carbocycles. The topological polar surface area (TPSA) is 3.24 Å². The van der Waals surface area contributed by atoms with E-state index in [1.54, 1.807) is 0 Å². The van der Waals surface area contributed by atoms with Crippen molar-refractivity contribution >= 4 is 17.1 Å². The van der Waals surface area contributed by atoms with Crippen molar-refractivity contribution in [3.05, 3.63) is 316 Å². The first-order valence-electron chi connectivity index (χ1n) is 27.1. The lowest BCUT2D eigenvalue weighted by Gasteiger charge is -2.36. The molecule has 2 spiro atoms. The molecule has 0 heterocycles. The van der Waals surface area contributed by atoms with E-state index in [-0.39, 0.29) is 5.41 Å². The molecule has 0 aliphatic heterocycles. The minimum atomic E-state index is -0.561. The van der Waals surface area contributed by atoms with Gasteiger partial charge in [0.15, 0.2) is 0 Å². The summed E-state index contributed by atoms with van der Waals surface area (Å²) in [6.45, 7) is 0. The molecule has 1 nitrogen and oxygen atoms in total. The van der Waals surface area contributed by atoms with Crippen LogP contribution in [0.3, 0.4) is 0 Å². The molecule has 0 saturated heterocycles. The minimum Gasteiger partial charge on any atom is -0.310 e. The highest BCUT2D eigenvalue weighted by molar-refractivity contribution is 6.01. The molecular formula is C74H53N. The molecule has 11 aromatic rings. The first-order chi connectivity index (χ1) is 37.2. The van der Waals surface area contributed by atoms with Gasteiger partial charge in [-0.05, 0) is 149 Å². The zero-order valence-corrected chi connectivity index (χ0v) is 41.8. The molecule has 0 atom stereocenters. The van der Waals surface area contributed by atoms with Crippen LogP contribution in [-0.4, -0.2) is 0 Å². The molecule has 16 rings (SSSR count). The van der Waals surface area contributed by atoms with Crippen molar-refractivity contribution in [3.63, 3.8) is 0 Å². The third kappa shape index (κ3) is 5.63. The van der Waals surface area contributed by atoms with Crippen LogP contribution >= 0.6 is 0 Å². The van der Waals surface area contributed by atoms with E-state index >= 15 is 0 Å². The Morgan fingerprint density at radius 1 is 0.253 bits per heavy atom. The number of rotatable bonds is 6. The Morgan fingerprint density at radius 3 is 1.17 bits per heavy atom. The van der Waals surface area contributed by atoms with Crippen LogP contribution in [0.15, 0.2) is 261 Å². The van der Waals surface area contributed by atoms with Crippen LogP contribution in [-0.2, 0) is 16.2 Å². The lowest BCUT2D eigenvalue weighted by molar-refractivity contribution is 0.353. The molecule has 354 valence electrons. The highest BCUT2D eigenvalue weighted by Crippen LogP contribution is 2.65. The summed E-state index contributed by atoms with van der Waals surface area (Å²) in [6, 6.07) is 99.7. The fourth-order valence-corrected chi connectivity index (χ4v) is 15.5. The quantitative estimate of drug-likeness (QED) is 0.161. The second-order valence-electron chi connectivity index (χ2n) is 21.6. The van der Waals surface area contributed by atoms with Crippen LogP contribution in [0.4, 0.5) is 17.1 Å². The summed E-state index contributed by atoms with van der Waals surface area (Å²) in [7, 11) is 0. The Bertz CT molecular complexity index is 3910. The van der Waals surface area contributed by atoms with Crippen molar-refractivity contribution < 1.29 is 0 Å². The van der Waals surface area contributed by atoms with Crippen LogP contribution in [0.2, 0.25) is 0 Å². The van der Waals surface area contributed by atoms with Gasteiger partial charge in [-0.3, -0.25) is 0 Å². The predicted molar refractivity (Wildman–Crippen MR) is 309 cm³/mol. The van der Waals surface area contributed by atoms with Crippen LogP contribution in [0, 0.1) is 0 Å². The fraction of sp³-hybridized carbons (Fsp3) is 0.108. The molecule has 0 aromatic heterocycles. The summed E-state index contributed by atoms with van der Waals surface area (Å²) in [5.74, 6) is 0. The third-order valence-corrected chi connectivity index (χ3v) is 18.4. The average Bonchev–Trinajstić information content (AvgIpc) is 4.24. The number of para-hydroxylation sites is 1. The molecule has 0 bridgehead atoms. The van der Waals surface area contributed by atoms with E-state index in [2.05, 4.69) is 266 Å². The number of fused-ring (bicyclic) bond motifs is 18. The first kappa shape index (κ1) is 42.7. The molecule has 0 N–H and O–H groups in total. The van der Waals surface area contributed by atoms with Gasteiger partial charge in [-0.15, -0.1) is 0 Å². The second kappa shape index (κ2) is 16.1. The normalized spacial score (nSPS) is 15.8. The largest absolute Gasteiger partial charge is 0.310 e. The monoisotopic (exact) mass is 955 g/mol. The van der Waals surface area contributed by atoms with Crippen LogP contribution < -0.4 is 4.90 Å². The summed E-state index contributed by atoms with van der Waals surface area (Å²) in [6.07, 6.45) is 6.22. The van der Waals surface area contributed by atoms with E-state index in [9.17, 15) is 0 Å². The van der Waals surface area contributed by atoms with E-state index < -0.39 is 10.8 Å². The summed E-state index contributed by atoms with van der Waals surface area (Å²) < 4.78 is 0. The molecule has 11 aromatic carbocycles. The fourth-order valence-electron chi connectivity index (χ4n) is 15.5. The zero-order chi connectivity index (χ0) is 49.3. The number of hydrogen-bond acceptors (Lipinski definition) is 1. The van der Waals surface area contributed by atoms with Gasteiger partial charge < -0.3 is 4.90 Å². The zero-order valence-electron chi connectivity index (χ0n) is 41.8. The molecule has 1 heteroatoms. The average molecular weight is 956 g/mol. The summed E-state index contributed by atoms with van der Waals surface area (Å²) in [5, 5.41) is 0. The Balaban J connectivity index is 0.992. The van der Waals surface area contributed by atoms with Crippen LogP contribution in [0.5, 0.6) is 0 Å². The van der Waals surface area contributed by atoms with Gasteiger partial charge in [0.1, 0.15) is 0 Å². The van der Waals surface area contributed by atoms with E-state index in [1.807, 2.05) is 0 Å². The number of hydrogen-bond donors (Lipinski definition) is 0. The van der Waals surface area contributed by atoms with Gasteiger partial charge in [0.25, 0.3) is 0 Å². The standard InChI is InChI=1S/C74H53N/c1-4-23-49(24-5-1)73(50-25-6-2-7-26-50)63-35-15-8-29-55(63)57-43-41-51(47-68(57)73)75(70-40-19-13-31-59(70)60-33-22-39-67-71(60)61-32-12-14-34-62(61)72(67)45-20-3-21-46-72)52-42-44-58-56-30-11-18-38-66(56)74(69(58)48-52)64-36-16-9-27-53(64)54-28-10-17-37-65(54)74/h1-2,4-19,22-44,47-48H,3,20-21,45-46H2. The lowest BCUT2D eigenvalue weighted by Crippen LogP contribution is -2.28. The maximum Gasteiger partial charge on any atom is 0.0726 e. The Morgan fingerprint density at radius 2 is 0.640 bits per heavy atom. The van der Waals surface area contributed by atoms with Crippen LogP contribution in [0.25, 0.3) is 55.6 Å². The van der Waals surface area contributed by atoms with E-state index in [4.69, 9.17) is 0 Å². The Labute approximate surface area is 440 Å². The molecule has 75 heavy (non-hydrogen) atoms. The van der Waals surface area contributed by atoms with Gasteiger partial charge in [-0.2, -0.15) is 0 Å². The molecule has 0 unspecified atom stereocenters. The minimum absolute atomic E-state index is 0.0409. The van der Waals surface area contributed by atoms with E-state index in [1.165, 1.54) is 143 Å². The predicted octanol–water partition coefficient (Wildman–Crippen LogP) is 18.8. The van der Waals surface area contributed by atoms with E-state index in [0.29, 0.717) is 0 Å². The van der Waals surface area contributed by atoms with Crippen molar-refractivity contribution in [1.29, 1.82) is 0 Å². The molecule has 0 radical (unpaired) electrons. The molecule has 5 aliphatic carbocycles. The van der Waals surface area contributed by atoms with Crippen molar-refractivity contribution in [2.24, 2.45) is 0 Å². The molecule has 5 aliphatic rings. The Kier molecular flexibility index (Phi) is 9.17. The summed E-state index contributed by atoms with van der Waals surface area (Å²) >= 11 is 0. The maximum absolute atomic E-state index is 2.61. The molecular weight excluding hydrogens is 903 g/mol. The van der Waals surface area contributed by atoms with E-state index in [0.717, 1.165) is 17.1 Å². The highest BCUT2D eigenvalue weighted by atomic mass is 15.1. The second-order valence-corrected chi connectivity index (χ2v) is 21.6. The van der Waals surface area contributed by atoms with Gasteiger partial charge in [0, 0.05) is 22.4 Å². The van der Waals surface area contributed by atoms with Crippen molar-refractivity contribution in [2.45, 2.75) is 48.3 Å². The maximum atomic E-state index is 2.61. The summed E-state index contributed by atoms with van der Waals surface area (Å²) in [4.78, 5) is 2.61. The van der Waals surface area contributed by atoms with Gasteiger partial charge >= 0.3 is 0 Å². The highest BCUT2D eigenvalue weighted by Gasteiger charge is 2.52. The number of benzene rings is 11. The molecule has 0 amide bonds.